The summed E-state index contributed by atoms with van der Waals surface area (Å²) in [6, 6.07) is 7.31. The van der Waals surface area contributed by atoms with E-state index in [9.17, 15) is 0 Å². The van der Waals surface area contributed by atoms with Crippen LogP contribution in [-0.2, 0) is 19.3 Å². The Bertz CT molecular complexity index is 618. The van der Waals surface area contributed by atoms with Crippen LogP contribution >= 0.6 is 11.5 Å². The summed E-state index contributed by atoms with van der Waals surface area (Å²) in [6.45, 7) is 4.37. The highest BCUT2D eigenvalue weighted by atomic mass is 32.1. The summed E-state index contributed by atoms with van der Waals surface area (Å²) in [4.78, 5) is 1.29. The minimum Gasteiger partial charge on any atom is -0.312 e. The fourth-order valence-electron chi connectivity index (χ4n) is 3.16. The fraction of sp³-hybridized carbons (Fsp3) is 0.529. The summed E-state index contributed by atoms with van der Waals surface area (Å²) in [5.41, 5.74) is 5.65. The van der Waals surface area contributed by atoms with Gasteiger partial charge in [-0.15, -0.1) is 5.10 Å². The van der Waals surface area contributed by atoms with Crippen molar-refractivity contribution in [2.24, 2.45) is 0 Å². The Labute approximate surface area is 131 Å². The van der Waals surface area contributed by atoms with Crippen LogP contribution in [0.3, 0.4) is 0 Å². The second kappa shape index (κ2) is 6.24. The van der Waals surface area contributed by atoms with E-state index in [1.165, 1.54) is 41.2 Å². The van der Waals surface area contributed by atoms with Gasteiger partial charge in [0, 0.05) is 6.04 Å². The van der Waals surface area contributed by atoms with Gasteiger partial charge in [-0.1, -0.05) is 36.5 Å². The van der Waals surface area contributed by atoms with Crippen molar-refractivity contribution in [3.63, 3.8) is 0 Å². The van der Waals surface area contributed by atoms with E-state index < -0.39 is 0 Å². The lowest BCUT2D eigenvalue weighted by molar-refractivity contribution is 0.589. The fourth-order valence-corrected chi connectivity index (χ4v) is 4.08. The molecule has 0 bridgehead atoms. The van der Waals surface area contributed by atoms with Crippen LogP contribution in [0.4, 0.5) is 0 Å². The molecular formula is C17H23N3S. The number of nitrogens with one attached hydrogen (secondary N) is 1. The zero-order valence-corrected chi connectivity index (χ0v) is 13.8. The van der Waals surface area contributed by atoms with Crippen molar-refractivity contribution in [1.82, 2.24) is 14.9 Å². The van der Waals surface area contributed by atoms with E-state index in [0.29, 0.717) is 12.0 Å². The van der Waals surface area contributed by atoms with E-state index in [-0.39, 0.29) is 0 Å². The first-order valence-corrected chi connectivity index (χ1v) is 8.56. The minimum atomic E-state index is 0.307. The molecule has 1 unspecified atom stereocenters. The summed E-state index contributed by atoms with van der Waals surface area (Å²) in [7, 11) is 2.03. The number of fused-ring (bicyclic) bond motifs is 1. The predicted octanol–water partition coefficient (Wildman–Crippen LogP) is 3.65. The van der Waals surface area contributed by atoms with Crippen molar-refractivity contribution in [2.75, 3.05) is 7.05 Å². The maximum absolute atomic E-state index is 4.31. The third kappa shape index (κ3) is 3.01. The van der Waals surface area contributed by atoms with Gasteiger partial charge in [-0.3, -0.25) is 0 Å². The first-order chi connectivity index (χ1) is 10.2. The number of likely N-dealkylation sites (N-methyl/N-ethyl adjacent to an activating group) is 1. The lowest BCUT2D eigenvalue weighted by Crippen LogP contribution is -2.19. The molecule has 0 aliphatic heterocycles. The molecule has 1 aliphatic carbocycles. The number of aromatic nitrogens is 2. The van der Waals surface area contributed by atoms with Gasteiger partial charge in [-0.05, 0) is 66.9 Å². The summed E-state index contributed by atoms with van der Waals surface area (Å²) < 4.78 is 4.16. The maximum Gasteiger partial charge on any atom is 0.0829 e. The molecule has 1 atom stereocenters. The molecule has 4 heteroatoms. The zero-order chi connectivity index (χ0) is 14.8. The van der Waals surface area contributed by atoms with Gasteiger partial charge in [0.05, 0.1) is 10.6 Å². The van der Waals surface area contributed by atoms with Crippen LogP contribution in [-0.4, -0.2) is 16.6 Å². The van der Waals surface area contributed by atoms with E-state index in [1.807, 2.05) is 7.05 Å². The monoisotopic (exact) mass is 301 g/mol. The molecule has 3 nitrogen and oxygen atoms in total. The molecule has 1 aromatic heterocycles. The summed E-state index contributed by atoms with van der Waals surface area (Å²) in [6.07, 6.45) is 4.81. The molecule has 0 radical (unpaired) electrons. The lowest BCUT2D eigenvalue weighted by atomic mass is 9.98. The average Bonchev–Trinajstić information content (AvgIpc) is 3.12. The van der Waals surface area contributed by atoms with Gasteiger partial charge in [0.15, 0.2) is 0 Å². The van der Waals surface area contributed by atoms with Crippen molar-refractivity contribution < 1.29 is 0 Å². The molecule has 0 spiro atoms. The first-order valence-electron chi connectivity index (χ1n) is 7.79. The largest absolute Gasteiger partial charge is 0.312 e. The van der Waals surface area contributed by atoms with Gasteiger partial charge in [-0.2, -0.15) is 0 Å². The van der Waals surface area contributed by atoms with Crippen molar-refractivity contribution in [3.05, 3.63) is 45.5 Å². The molecule has 1 N–H and O–H groups in total. The van der Waals surface area contributed by atoms with Crippen molar-refractivity contribution in [2.45, 2.75) is 51.5 Å². The zero-order valence-electron chi connectivity index (χ0n) is 13.0. The first kappa shape index (κ1) is 14.7. The second-order valence-corrected chi connectivity index (χ2v) is 6.96. The Morgan fingerprint density at radius 3 is 2.81 bits per heavy atom. The molecular weight excluding hydrogens is 278 g/mol. The van der Waals surface area contributed by atoms with Crippen molar-refractivity contribution in [1.29, 1.82) is 0 Å². The van der Waals surface area contributed by atoms with Crippen molar-refractivity contribution >= 4 is 11.5 Å². The van der Waals surface area contributed by atoms with Crippen LogP contribution in [0.15, 0.2) is 18.2 Å². The molecule has 2 aromatic rings. The highest BCUT2D eigenvalue weighted by Gasteiger charge is 2.21. The number of benzene rings is 1. The number of aryl methyl sites for hydroxylation is 2. The van der Waals surface area contributed by atoms with E-state index in [1.54, 1.807) is 11.1 Å². The van der Waals surface area contributed by atoms with Crippen LogP contribution in [0.2, 0.25) is 0 Å². The molecule has 1 heterocycles. The average molecular weight is 301 g/mol. The third-order valence-corrected chi connectivity index (χ3v) is 5.21. The van der Waals surface area contributed by atoms with Gasteiger partial charge in [0.1, 0.15) is 0 Å². The molecule has 0 fully saturated rings. The minimum absolute atomic E-state index is 0.307. The quantitative estimate of drug-likeness (QED) is 0.916. The smallest absolute Gasteiger partial charge is 0.0829 e. The van der Waals surface area contributed by atoms with E-state index in [2.05, 4.69) is 47.0 Å². The molecule has 3 rings (SSSR count). The molecule has 112 valence electrons. The molecule has 1 aromatic carbocycles. The van der Waals surface area contributed by atoms with Crippen LogP contribution < -0.4 is 5.32 Å². The molecule has 21 heavy (non-hydrogen) atoms. The Morgan fingerprint density at radius 1 is 1.24 bits per heavy atom. The van der Waals surface area contributed by atoms with E-state index in [0.717, 1.165) is 12.1 Å². The Morgan fingerprint density at radius 2 is 2.05 bits per heavy atom. The number of hydrogen-bond acceptors (Lipinski definition) is 4. The number of nitrogens with zero attached hydrogens (tertiary/aromatic N) is 2. The van der Waals surface area contributed by atoms with Crippen LogP contribution in [0.25, 0.3) is 0 Å². The van der Waals surface area contributed by atoms with Crippen molar-refractivity contribution in [3.8, 4) is 0 Å². The maximum atomic E-state index is 4.31. The van der Waals surface area contributed by atoms with Gasteiger partial charge in [-0.25, -0.2) is 0 Å². The number of rotatable bonds is 5. The Hall–Kier alpha value is -1.26. The highest BCUT2D eigenvalue weighted by molar-refractivity contribution is 7.05. The van der Waals surface area contributed by atoms with Crippen LogP contribution in [0.1, 0.15) is 59.5 Å². The summed E-state index contributed by atoms with van der Waals surface area (Å²) >= 11 is 1.53. The summed E-state index contributed by atoms with van der Waals surface area (Å²) in [5, 5.41) is 7.76. The third-order valence-electron chi connectivity index (χ3n) is 4.35. The van der Waals surface area contributed by atoms with E-state index in [4.69, 9.17) is 0 Å². The van der Waals surface area contributed by atoms with E-state index >= 15 is 0 Å². The normalized spacial score (nSPS) is 15.4. The topological polar surface area (TPSA) is 37.8 Å². The van der Waals surface area contributed by atoms with Crippen LogP contribution in [0.5, 0.6) is 0 Å². The van der Waals surface area contributed by atoms with Gasteiger partial charge in [0.2, 0.25) is 0 Å². The van der Waals surface area contributed by atoms with Gasteiger partial charge in [0.25, 0.3) is 0 Å². The Kier molecular flexibility index (Phi) is 4.36. The van der Waals surface area contributed by atoms with Gasteiger partial charge >= 0.3 is 0 Å². The van der Waals surface area contributed by atoms with Crippen LogP contribution in [0, 0.1) is 0 Å². The molecule has 0 saturated heterocycles. The van der Waals surface area contributed by atoms with Gasteiger partial charge < -0.3 is 5.32 Å². The predicted molar refractivity (Wildman–Crippen MR) is 88.0 cm³/mol. The molecule has 0 amide bonds. The second-order valence-electron chi connectivity index (χ2n) is 6.18. The highest BCUT2D eigenvalue weighted by Crippen LogP contribution is 2.30. The SMILES string of the molecule is CNC(Cc1ccc2c(c1)CCC2)c1snnc1C(C)C. The number of hydrogen-bond donors (Lipinski definition) is 1. The lowest BCUT2D eigenvalue weighted by Gasteiger charge is -2.17. The Balaban J connectivity index is 1.82. The molecule has 0 saturated carbocycles. The molecule has 1 aliphatic rings. The standard InChI is InChI=1S/C17H23N3S/c1-11(2)16-17(21-20-19-16)15(18-3)10-12-7-8-13-5-4-6-14(13)9-12/h7-9,11,15,18H,4-6,10H2,1-3H3. The summed E-state index contributed by atoms with van der Waals surface area (Å²) in [5.74, 6) is 0.426.